The van der Waals surface area contributed by atoms with Crippen LogP contribution < -0.4 is 0 Å². The smallest absolute Gasteiger partial charge is 0.418 e. The molecule has 0 radical (unpaired) electrons. The summed E-state index contributed by atoms with van der Waals surface area (Å²) in [6.45, 7) is 7.27. The summed E-state index contributed by atoms with van der Waals surface area (Å²) < 4.78 is 39.0. The summed E-state index contributed by atoms with van der Waals surface area (Å²) in [5, 5.41) is 0. The van der Waals surface area contributed by atoms with Crippen LogP contribution >= 0.6 is 0 Å². The van der Waals surface area contributed by atoms with E-state index in [1.54, 1.807) is 0 Å². The second-order valence-electron chi connectivity index (χ2n) is 2.84. The van der Waals surface area contributed by atoms with Crippen LogP contribution in [0.5, 0.6) is 0 Å². The van der Waals surface area contributed by atoms with Crippen LogP contribution in [0.1, 0.15) is 11.5 Å². The largest absolute Gasteiger partial charge is 0.673 e. The Labute approximate surface area is 91.2 Å². The molecule has 1 heterocycles. The lowest BCUT2D eigenvalue weighted by molar-refractivity contribution is 0.368. The predicted octanol–water partition coefficient (Wildman–Crippen LogP) is 3.17. The van der Waals surface area contributed by atoms with Gasteiger partial charge in [0.15, 0.2) is 0 Å². The number of H-pyrrole nitrogens is 1. The number of imidazole rings is 1. The first-order valence-electron chi connectivity index (χ1n) is 4.48. The van der Waals surface area contributed by atoms with Crippen molar-refractivity contribution in [3.63, 3.8) is 0 Å². The second-order valence-corrected chi connectivity index (χ2v) is 2.84. The Bertz CT molecular complexity index is 302. The molecule has 1 aromatic heterocycles. The van der Waals surface area contributed by atoms with Gasteiger partial charge in [-0.3, -0.25) is 0 Å². The van der Waals surface area contributed by atoms with Crippen LogP contribution in [0.4, 0.5) is 17.3 Å². The van der Waals surface area contributed by atoms with E-state index in [0.29, 0.717) is 0 Å². The first-order valence-corrected chi connectivity index (χ1v) is 4.48. The Morgan fingerprint density at radius 1 is 1.19 bits per heavy atom. The van der Waals surface area contributed by atoms with Gasteiger partial charge in [0.25, 0.3) is 0 Å². The van der Waals surface area contributed by atoms with E-state index in [4.69, 9.17) is 0 Å². The molecule has 16 heavy (non-hydrogen) atoms. The Balaban J connectivity index is 0.000000385. The van der Waals surface area contributed by atoms with Crippen LogP contribution in [0.15, 0.2) is 31.5 Å². The maximum atomic E-state index is 9.75. The van der Waals surface area contributed by atoms with E-state index in [1.165, 1.54) is 0 Å². The quantitative estimate of drug-likeness (QED) is 0.484. The molecule has 0 spiro atoms. The normalized spacial score (nSPS) is 10.2. The van der Waals surface area contributed by atoms with Crippen molar-refractivity contribution in [2.24, 2.45) is 0 Å². The fourth-order valence-corrected chi connectivity index (χ4v) is 0.905. The zero-order valence-corrected chi connectivity index (χ0v) is 8.60. The van der Waals surface area contributed by atoms with E-state index >= 15 is 0 Å². The van der Waals surface area contributed by atoms with Crippen molar-refractivity contribution in [2.45, 2.75) is 12.8 Å². The van der Waals surface area contributed by atoms with Crippen molar-refractivity contribution < 1.29 is 17.3 Å². The molecule has 0 aliphatic carbocycles. The summed E-state index contributed by atoms with van der Waals surface area (Å²) in [6, 6.07) is 0. The summed E-state index contributed by atoms with van der Waals surface area (Å²) >= 11 is 0. The number of nitrogens with one attached hydrogen (secondary N) is 1. The number of aromatic nitrogens is 2. The summed E-state index contributed by atoms with van der Waals surface area (Å²) in [6.07, 6.45) is 7.17. The van der Waals surface area contributed by atoms with Gasteiger partial charge in [-0.05, 0) is 0 Å². The van der Waals surface area contributed by atoms with Crippen LogP contribution in [0.2, 0.25) is 0 Å². The highest BCUT2D eigenvalue weighted by molar-refractivity contribution is 6.50. The zero-order valence-electron chi connectivity index (χ0n) is 8.60. The van der Waals surface area contributed by atoms with Crippen molar-refractivity contribution in [1.82, 2.24) is 9.97 Å². The van der Waals surface area contributed by atoms with E-state index in [1.807, 2.05) is 18.3 Å². The van der Waals surface area contributed by atoms with Crippen molar-refractivity contribution in [2.75, 3.05) is 0 Å². The topological polar surface area (TPSA) is 28.7 Å². The van der Waals surface area contributed by atoms with Crippen molar-refractivity contribution in [1.29, 1.82) is 0 Å². The average Bonchev–Trinajstić information content (AvgIpc) is 2.51. The van der Waals surface area contributed by atoms with Gasteiger partial charge in [-0.1, -0.05) is 12.2 Å². The molecule has 1 N–H and O–H groups in total. The Hall–Kier alpha value is -1.53. The first-order chi connectivity index (χ1) is 7.36. The predicted molar refractivity (Wildman–Crippen MR) is 56.6 cm³/mol. The lowest BCUT2D eigenvalue weighted by Crippen LogP contribution is -2.02. The first kappa shape index (κ1) is 14.5. The fourth-order valence-electron chi connectivity index (χ4n) is 0.905. The second kappa shape index (κ2) is 6.87. The highest BCUT2D eigenvalue weighted by Gasteiger charge is 2.20. The van der Waals surface area contributed by atoms with E-state index in [9.17, 15) is 17.3 Å². The Kier molecular flexibility index (Phi) is 6.21. The summed E-state index contributed by atoms with van der Waals surface area (Å²) in [7, 11) is -6.00. The molecule has 0 saturated heterocycles. The van der Waals surface area contributed by atoms with Gasteiger partial charge in [0.1, 0.15) is 5.82 Å². The SMILES string of the molecule is C=CCc1cnc(CC=C)[nH]1.F[B-](F)(F)F. The molecule has 0 atom stereocenters. The van der Waals surface area contributed by atoms with Crippen molar-refractivity contribution in [3.05, 3.63) is 43.0 Å². The Morgan fingerprint density at radius 3 is 2.12 bits per heavy atom. The molecule has 0 amide bonds. The third-order valence-electron chi connectivity index (χ3n) is 1.38. The third-order valence-corrected chi connectivity index (χ3v) is 1.38. The van der Waals surface area contributed by atoms with E-state index < -0.39 is 7.25 Å². The number of rotatable bonds is 4. The molecular formula is C9H12BF4N2-. The van der Waals surface area contributed by atoms with E-state index in [2.05, 4.69) is 23.1 Å². The van der Waals surface area contributed by atoms with Gasteiger partial charge in [-0.25, -0.2) is 4.98 Å². The molecule has 2 nitrogen and oxygen atoms in total. The van der Waals surface area contributed by atoms with Crippen LogP contribution in [0.25, 0.3) is 0 Å². The minimum Gasteiger partial charge on any atom is -0.418 e. The number of hydrogen-bond donors (Lipinski definition) is 1. The van der Waals surface area contributed by atoms with E-state index in [0.717, 1.165) is 24.4 Å². The molecule has 90 valence electrons. The number of nitrogens with zero attached hydrogens (tertiary/aromatic N) is 1. The number of hydrogen-bond acceptors (Lipinski definition) is 1. The molecule has 0 saturated carbocycles. The summed E-state index contributed by atoms with van der Waals surface area (Å²) in [5.74, 6) is 0.969. The van der Waals surface area contributed by atoms with Gasteiger partial charge < -0.3 is 22.2 Å². The van der Waals surface area contributed by atoms with Crippen LogP contribution in [0.3, 0.4) is 0 Å². The van der Waals surface area contributed by atoms with Gasteiger partial charge in [-0.2, -0.15) is 0 Å². The van der Waals surface area contributed by atoms with Gasteiger partial charge in [-0.15, -0.1) is 13.2 Å². The number of allylic oxidation sites excluding steroid dienone is 2. The zero-order chi connectivity index (χ0) is 12.6. The minimum atomic E-state index is -6.00. The Morgan fingerprint density at radius 2 is 1.69 bits per heavy atom. The van der Waals surface area contributed by atoms with Crippen molar-refractivity contribution in [3.8, 4) is 0 Å². The molecule has 7 heteroatoms. The van der Waals surface area contributed by atoms with E-state index in [-0.39, 0.29) is 0 Å². The highest BCUT2D eigenvalue weighted by atomic mass is 19.5. The van der Waals surface area contributed by atoms with Gasteiger partial charge in [0, 0.05) is 24.7 Å². The lowest BCUT2D eigenvalue weighted by Gasteiger charge is -1.94. The molecule has 0 aliphatic rings. The number of halogens is 4. The van der Waals surface area contributed by atoms with Gasteiger partial charge >= 0.3 is 7.25 Å². The molecule has 0 aromatic carbocycles. The summed E-state index contributed by atoms with van der Waals surface area (Å²) in [4.78, 5) is 7.31. The standard InChI is InChI=1S/C9H12N2.BF4/c1-3-5-8-7-10-9(11-8)6-4-2;2-1(3,4)5/h3-4,7H,1-2,5-6H2,(H,10,11);/q;-1. The van der Waals surface area contributed by atoms with Crippen LogP contribution in [0, 0.1) is 0 Å². The fraction of sp³-hybridized carbons (Fsp3) is 0.222. The average molecular weight is 235 g/mol. The number of aromatic amines is 1. The van der Waals surface area contributed by atoms with Gasteiger partial charge in [0.05, 0.1) is 0 Å². The third kappa shape index (κ3) is 9.05. The molecule has 0 fully saturated rings. The molecule has 0 aliphatic heterocycles. The monoisotopic (exact) mass is 235 g/mol. The molecular weight excluding hydrogens is 223 g/mol. The minimum absolute atomic E-state index is 0.803. The molecule has 1 rings (SSSR count). The molecule has 0 unspecified atom stereocenters. The van der Waals surface area contributed by atoms with Gasteiger partial charge in [0.2, 0.25) is 0 Å². The summed E-state index contributed by atoms with van der Waals surface area (Å²) in [5.41, 5.74) is 1.11. The molecule has 0 bridgehead atoms. The highest BCUT2D eigenvalue weighted by Crippen LogP contribution is 2.06. The van der Waals surface area contributed by atoms with Crippen LogP contribution in [-0.2, 0) is 12.8 Å². The molecule has 1 aromatic rings. The van der Waals surface area contributed by atoms with Crippen LogP contribution in [-0.4, -0.2) is 17.2 Å². The van der Waals surface area contributed by atoms with Crippen molar-refractivity contribution >= 4 is 7.25 Å². The maximum Gasteiger partial charge on any atom is 0.673 e. The maximum absolute atomic E-state index is 9.75. The lowest BCUT2D eigenvalue weighted by atomic mass is 10.3.